The number of carbonyl (C=O) groups excluding carboxylic acids is 3. The van der Waals surface area contributed by atoms with Gasteiger partial charge < -0.3 is 15.4 Å². The van der Waals surface area contributed by atoms with Gasteiger partial charge in [0, 0.05) is 12.6 Å². The van der Waals surface area contributed by atoms with Gasteiger partial charge in [0.1, 0.15) is 0 Å². The van der Waals surface area contributed by atoms with Gasteiger partial charge in [-0.3, -0.25) is 14.4 Å². The summed E-state index contributed by atoms with van der Waals surface area (Å²) in [5.41, 5.74) is 3.30. The first-order chi connectivity index (χ1) is 14.6. The normalized spacial score (nSPS) is 15.3. The number of esters is 1. The molecule has 0 unspecified atom stereocenters. The molecule has 0 saturated carbocycles. The lowest BCUT2D eigenvalue weighted by Gasteiger charge is -2.26. The average Bonchev–Trinajstić information content (AvgIpc) is 2.77. The van der Waals surface area contributed by atoms with Crippen molar-refractivity contribution >= 4 is 23.9 Å². The van der Waals surface area contributed by atoms with Crippen LogP contribution in [0, 0.1) is 0 Å². The van der Waals surface area contributed by atoms with E-state index in [0.717, 1.165) is 30.4 Å². The van der Waals surface area contributed by atoms with E-state index in [-0.39, 0.29) is 37.4 Å². The number of amides is 2. The Morgan fingerprint density at radius 1 is 1.03 bits per heavy atom. The topological polar surface area (TPSA) is 84.5 Å². The molecule has 2 amide bonds. The van der Waals surface area contributed by atoms with Gasteiger partial charge in [0.2, 0.25) is 5.91 Å². The Morgan fingerprint density at radius 3 is 2.63 bits per heavy atom. The molecule has 2 N–H and O–H groups in total. The van der Waals surface area contributed by atoms with Crippen LogP contribution in [-0.4, -0.2) is 30.9 Å². The van der Waals surface area contributed by atoms with E-state index in [2.05, 4.69) is 16.7 Å². The number of nitrogens with one attached hydrogen (secondary N) is 2. The fourth-order valence-corrected chi connectivity index (χ4v) is 3.44. The third-order valence-electron chi connectivity index (χ3n) is 4.92. The van der Waals surface area contributed by atoms with E-state index < -0.39 is 5.97 Å². The first-order valence-corrected chi connectivity index (χ1v) is 10.2. The molecule has 0 heterocycles. The van der Waals surface area contributed by atoms with Crippen molar-refractivity contribution in [1.82, 2.24) is 10.6 Å². The smallest absolute Gasteiger partial charge is 0.308 e. The fourth-order valence-electron chi connectivity index (χ4n) is 3.44. The largest absolute Gasteiger partial charge is 0.456 e. The van der Waals surface area contributed by atoms with Crippen molar-refractivity contribution in [2.75, 3.05) is 13.2 Å². The van der Waals surface area contributed by atoms with Gasteiger partial charge >= 0.3 is 5.97 Å². The molecule has 156 valence electrons. The monoisotopic (exact) mass is 406 g/mol. The van der Waals surface area contributed by atoms with Crippen molar-refractivity contribution in [3.05, 3.63) is 77.4 Å². The SMILES string of the molecule is O=C(/C=C/c1ccccc1)NCCC(=O)OCC(=O)N[C@@H]1CCCc2ccccc21. The lowest BCUT2D eigenvalue weighted by molar-refractivity contribution is -0.148. The molecule has 0 bridgehead atoms. The lowest BCUT2D eigenvalue weighted by atomic mass is 9.88. The van der Waals surface area contributed by atoms with Gasteiger partial charge in [0.25, 0.3) is 5.91 Å². The maximum Gasteiger partial charge on any atom is 0.308 e. The molecule has 6 heteroatoms. The highest BCUT2D eigenvalue weighted by atomic mass is 16.5. The number of aryl methyl sites for hydroxylation is 1. The van der Waals surface area contributed by atoms with Crippen LogP contribution in [0.2, 0.25) is 0 Å². The van der Waals surface area contributed by atoms with Crippen molar-refractivity contribution in [3.8, 4) is 0 Å². The molecular formula is C24H26N2O4. The Morgan fingerprint density at radius 2 is 1.80 bits per heavy atom. The summed E-state index contributed by atoms with van der Waals surface area (Å²) in [7, 11) is 0. The maximum atomic E-state index is 12.2. The maximum absolute atomic E-state index is 12.2. The van der Waals surface area contributed by atoms with Gasteiger partial charge in [0.05, 0.1) is 12.5 Å². The Kier molecular flexibility index (Phi) is 7.78. The highest BCUT2D eigenvalue weighted by molar-refractivity contribution is 5.91. The van der Waals surface area contributed by atoms with Gasteiger partial charge in [-0.25, -0.2) is 0 Å². The second kappa shape index (κ2) is 11.0. The summed E-state index contributed by atoms with van der Waals surface area (Å²) in [6, 6.07) is 17.5. The summed E-state index contributed by atoms with van der Waals surface area (Å²) < 4.78 is 5.02. The zero-order valence-electron chi connectivity index (χ0n) is 16.8. The van der Waals surface area contributed by atoms with Crippen molar-refractivity contribution < 1.29 is 19.1 Å². The molecular weight excluding hydrogens is 380 g/mol. The molecule has 30 heavy (non-hydrogen) atoms. The van der Waals surface area contributed by atoms with E-state index >= 15 is 0 Å². The van der Waals surface area contributed by atoms with Crippen molar-refractivity contribution in [3.63, 3.8) is 0 Å². The minimum absolute atomic E-state index is 0.00442. The van der Waals surface area contributed by atoms with Gasteiger partial charge in [0.15, 0.2) is 6.61 Å². The van der Waals surface area contributed by atoms with Crippen LogP contribution < -0.4 is 10.6 Å². The highest BCUT2D eigenvalue weighted by Crippen LogP contribution is 2.29. The third-order valence-corrected chi connectivity index (χ3v) is 4.92. The second-order valence-electron chi connectivity index (χ2n) is 7.16. The number of fused-ring (bicyclic) bond motifs is 1. The predicted molar refractivity (Wildman–Crippen MR) is 114 cm³/mol. The van der Waals surface area contributed by atoms with Crippen molar-refractivity contribution in [1.29, 1.82) is 0 Å². The summed E-state index contributed by atoms with van der Waals surface area (Å²) in [6.45, 7) is -0.173. The molecule has 1 aliphatic carbocycles. The molecule has 1 atom stereocenters. The van der Waals surface area contributed by atoms with Crippen molar-refractivity contribution in [2.24, 2.45) is 0 Å². The van der Waals surface area contributed by atoms with E-state index in [4.69, 9.17) is 4.74 Å². The van der Waals surface area contributed by atoms with E-state index in [9.17, 15) is 14.4 Å². The van der Waals surface area contributed by atoms with Crippen LogP contribution in [0.4, 0.5) is 0 Å². The van der Waals surface area contributed by atoms with Crippen molar-refractivity contribution in [2.45, 2.75) is 31.7 Å². The summed E-state index contributed by atoms with van der Waals surface area (Å²) in [5.74, 6) is -1.14. The molecule has 0 saturated heterocycles. The number of benzene rings is 2. The number of ether oxygens (including phenoxy) is 1. The van der Waals surface area contributed by atoms with Gasteiger partial charge in [-0.2, -0.15) is 0 Å². The Hall–Kier alpha value is -3.41. The number of rotatable bonds is 8. The first-order valence-electron chi connectivity index (χ1n) is 10.2. The molecule has 0 spiro atoms. The van der Waals surface area contributed by atoms with Gasteiger partial charge in [-0.05, 0) is 42.0 Å². The molecule has 3 rings (SSSR count). The lowest BCUT2D eigenvalue weighted by Crippen LogP contribution is -2.34. The molecule has 2 aromatic rings. The molecule has 6 nitrogen and oxygen atoms in total. The molecule has 1 aliphatic rings. The zero-order valence-corrected chi connectivity index (χ0v) is 16.8. The number of hydrogen-bond acceptors (Lipinski definition) is 4. The average molecular weight is 406 g/mol. The fraction of sp³-hybridized carbons (Fsp3) is 0.292. The molecule has 0 radical (unpaired) electrons. The van der Waals surface area contributed by atoms with E-state index in [0.29, 0.717) is 0 Å². The molecule has 2 aromatic carbocycles. The van der Waals surface area contributed by atoms with Crippen LogP contribution in [0.5, 0.6) is 0 Å². The minimum Gasteiger partial charge on any atom is -0.456 e. The van der Waals surface area contributed by atoms with Gasteiger partial charge in [-0.15, -0.1) is 0 Å². The summed E-state index contributed by atoms with van der Waals surface area (Å²) in [4.78, 5) is 35.8. The number of hydrogen-bond donors (Lipinski definition) is 2. The first kappa shape index (κ1) is 21.3. The third kappa shape index (κ3) is 6.58. The number of carbonyl (C=O) groups is 3. The predicted octanol–water partition coefficient (Wildman–Crippen LogP) is 2.94. The second-order valence-corrected chi connectivity index (χ2v) is 7.16. The summed E-state index contributed by atoms with van der Waals surface area (Å²) >= 11 is 0. The van der Waals surface area contributed by atoms with Crippen LogP contribution in [-0.2, 0) is 25.5 Å². The van der Waals surface area contributed by atoms with E-state index in [1.807, 2.05) is 48.5 Å². The molecule has 0 aliphatic heterocycles. The van der Waals surface area contributed by atoms with Crippen LogP contribution in [0.3, 0.4) is 0 Å². The zero-order chi connectivity index (χ0) is 21.2. The Balaban J connectivity index is 1.33. The highest BCUT2D eigenvalue weighted by Gasteiger charge is 2.21. The Bertz CT molecular complexity index is 908. The van der Waals surface area contributed by atoms with Crippen LogP contribution in [0.25, 0.3) is 6.08 Å². The van der Waals surface area contributed by atoms with Crippen LogP contribution in [0.1, 0.15) is 42.0 Å². The van der Waals surface area contributed by atoms with Crippen LogP contribution in [0.15, 0.2) is 60.7 Å². The summed E-state index contributed by atoms with van der Waals surface area (Å²) in [5, 5.41) is 5.56. The van der Waals surface area contributed by atoms with E-state index in [1.165, 1.54) is 11.6 Å². The molecule has 0 aromatic heterocycles. The standard InChI is InChI=1S/C24H26N2O4/c27-22(14-13-18-7-2-1-3-8-18)25-16-15-24(29)30-17-23(28)26-21-12-6-10-19-9-4-5-11-20(19)21/h1-5,7-9,11,13-14,21H,6,10,12,15-17H2,(H,25,27)(H,26,28)/b14-13+/t21-/m1/s1. The van der Waals surface area contributed by atoms with E-state index in [1.54, 1.807) is 6.08 Å². The quantitative estimate of drug-likeness (QED) is 0.521. The minimum atomic E-state index is -0.526. The van der Waals surface area contributed by atoms with Gasteiger partial charge in [-0.1, -0.05) is 54.6 Å². The molecule has 0 fully saturated rings. The Labute approximate surface area is 176 Å². The van der Waals surface area contributed by atoms with Crippen LogP contribution >= 0.6 is 0 Å². The summed E-state index contributed by atoms with van der Waals surface area (Å²) in [6.07, 6.45) is 6.02.